The number of H-pyrrole nitrogens is 1. The highest BCUT2D eigenvalue weighted by Gasteiger charge is 2.20. The van der Waals surface area contributed by atoms with E-state index in [4.69, 9.17) is 0 Å². The zero-order valence-corrected chi connectivity index (χ0v) is 15.4. The summed E-state index contributed by atoms with van der Waals surface area (Å²) in [6.45, 7) is 8.65. The van der Waals surface area contributed by atoms with E-state index in [2.05, 4.69) is 49.7 Å². The molecule has 0 amide bonds. The molecular weight excluding hydrogens is 330 g/mol. The van der Waals surface area contributed by atoms with Crippen LogP contribution >= 0.6 is 0 Å². The molecule has 0 atom stereocenters. The summed E-state index contributed by atoms with van der Waals surface area (Å²) in [4.78, 5) is 22.0. The quantitative estimate of drug-likeness (QED) is 0.759. The lowest BCUT2D eigenvalue weighted by molar-refractivity contribution is 0.278. The monoisotopic (exact) mass is 353 g/mol. The van der Waals surface area contributed by atoms with Gasteiger partial charge in [0, 0.05) is 43.0 Å². The Morgan fingerprint density at radius 3 is 2.62 bits per heavy atom. The van der Waals surface area contributed by atoms with Gasteiger partial charge in [-0.2, -0.15) is 0 Å². The molecule has 4 rings (SSSR count). The number of hydrogen-bond acceptors (Lipinski definition) is 5. The minimum atomic E-state index is 0.0140. The van der Waals surface area contributed by atoms with Crippen molar-refractivity contribution in [2.45, 2.75) is 40.2 Å². The maximum Gasteiger partial charge on any atom is 0.254 e. The molecule has 136 valence electrons. The highest BCUT2D eigenvalue weighted by molar-refractivity contribution is 5.27. The SMILES string of the molecule is Cc1nc2c(c(=O)[nH]1)CCN(Cc1cc(C)n(-n3cnnc3)c1C)CC2. The summed E-state index contributed by atoms with van der Waals surface area (Å²) in [5.41, 5.74) is 5.40. The topological polar surface area (TPSA) is 84.6 Å². The van der Waals surface area contributed by atoms with Crippen LogP contribution in [0.1, 0.15) is 34.0 Å². The first-order valence-corrected chi connectivity index (χ1v) is 8.87. The molecule has 8 nitrogen and oxygen atoms in total. The van der Waals surface area contributed by atoms with E-state index in [-0.39, 0.29) is 5.56 Å². The second-order valence-corrected chi connectivity index (χ2v) is 6.90. The minimum Gasteiger partial charge on any atom is -0.311 e. The Kier molecular flexibility index (Phi) is 4.20. The summed E-state index contributed by atoms with van der Waals surface area (Å²) >= 11 is 0. The highest BCUT2D eigenvalue weighted by atomic mass is 16.1. The number of aromatic amines is 1. The van der Waals surface area contributed by atoms with Crippen molar-refractivity contribution in [1.82, 2.24) is 34.4 Å². The van der Waals surface area contributed by atoms with E-state index < -0.39 is 0 Å². The molecule has 4 heterocycles. The molecule has 0 radical (unpaired) electrons. The van der Waals surface area contributed by atoms with Gasteiger partial charge in [0.1, 0.15) is 18.5 Å². The van der Waals surface area contributed by atoms with Crippen molar-refractivity contribution < 1.29 is 0 Å². The second kappa shape index (κ2) is 6.53. The van der Waals surface area contributed by atoms with Crippen LogP contribution in [0.4, 0.5) is 0 Å². The lowest BCUT2D eigenvalue weighted by Crippen LogP contribution is -2.26. The van der Waals surface area contributed by atoms with Gasteiger partial charge in [0.25, 0.3) is 5.56 Å². The van der Waals surface area contributed by atoms with Crippen molar-refractivity contribution >= 4 is 0 Å². The number of nitrogens with one attached hydrogen (secondary N) is 1. The third kappa shape index (κ3) is 2.96. The van der Waals surface area contributed by atoms with Crippen LogP contribution in [0.25, 0.3) is 0 Å². The van der Waals surface area contributed by atoms with Crippen molar-refractivity contribution in [2.75, 3.05) is 13.1 Å². The fourth-order valence-corrected chi connectivity index (χ4v) is 3.81. The Labute approximate surface area is 151 Å². The Morgan fingerprint density at radius 1 is 1.12 bits per heavy atom. The summed E-state index contributed by atoms with van der Waals surface area (Å²) in [6, 6.07) is 2.21. The van der Waals surface area contributed by atoms with Crippen LogP contribution in [-0.4, -0.2) is 47.5 Å². The largest absolute Gasteiger partial charge is 0.311 e. The molecule has 3 aromatic rings. The molecule has 0 unspecified atom stereocenters. The van der Waals surface area contributed by atoms with Gasteiger partial charge in [-0.1, -0.05) is 0 Å². The molecule has 0 saturated heterocycles. The number of nitrogens with zero attached hydrogens (tertiary/aromatic N) is 6. The van der Waals surface area contributed by atoms with E-state index in [1.54, 1.807) is 12.7 Å². The van der Waals surface area contributed by atoms with Gasteiger partial charge in [0.15, 0.2) is 0 Å². The van der Waals surface area contributed by atoms with E-state index in [1.807, 2.05) is 11.6 Å². The third-order valence-corrected chi connectivity index (χ3v) is 5.09. The Hall–Kier alpha value is -2.74. The van der Waals surface area contributed by atoms with E-state index in [0.29, 0.717) is 5.82 Å². The molecular formula is C18H23N7O. The molecule has 0 fully saturated rings. The number of rotatable bonds is 3. The second-order valence-electron chi connectivity index (χ2n) is 6.90. The molecule has 1 N–H and O–H groups in total. The Bertz CT molecular complexity index is 984. The molecule has 3 aromatic heterocycles. The van der Waals surface area contributed by atoms with Gasteiger partial charge in [-0.3, -0.25) is 14.4 Å². The highest BCUT2D eigenvalue weighted by Crippen LogP contribution is 2.19. The molecule has 1 aliphatic rings. The lowest BCUT2D eigenvalue weighted by atomic mass is 10.1. The van der Waals surface area contributed by atoms with Crippen molar-refractivity contribution in [1.29, 1.82) is 0 Å². The van der Waals surface area contributed by atoms with Crippen molar-refractivity contribution in [3.63, 3.8) is 0 Å². The molecule has 0 saturated carbocycles. The fourth-order valence-electron chi connectivity index (χ4n) is 3.81. The smallest absolute Gasteiger partial charge is 0.254 e. The lowest BCUT2D eigenvalue weighted by Gasteiger charge is -2.19. The van der Waals surface area contributed by atoms with Crippen LogP contribution in [0.15, 0.2) is 23.5 Å². The molecule has 0 aromatic carbocycles. The maximum atomic E-state index is 12.2. The summed E-state index contributed by atoms with van der Waals surface area (Å²) in [7, 11) is 0. The van der Waals surface area contributed by atoms with E-state index in [9.17, 15) is 4.79 Å². The number of aryl methyl sites for hydroxylation is 2. The average Bonchev–Trinajstić information content (AvgIpc) is 3.13. The van der Waals surface area contributed by atoms with Crippen molar-refractivity contribution in [3.05, 3.63) is 63.1 Å². The predicted octanol–water partition coefficient (Wildman–Crippen LogP) is 1.00. The molecule has 8 heteroatoms. The first-order valence-electron chi connectivity index (χ1n) is 8.87. The van der Waals surface area contributed by atoms with Gasteiger partial charge in [-0.15, -0.1) is 10.2 Å². The maximum absolute atomic E-state index is 12.2. The normalized spacial score (nSPS) is 15.0. The summed E-state index contributed by atoms with van der Waals surface area (Å²) in [6.07, 6.45) is 4.95. The van der Waals surface area contributed by atoms with E-state index in [1.165, 1.54) is 11.3 Å². The number of hydrogen-bond donors (Lipinski definition) is 1. The standard InChI is InChI=1S/C18H23N7O/c1-12-8-15(13(2)25(12)24-10-19-20-11-24)9-23-6-4-16-17(5-7-23)21-14(3)22-18(16)26/h8,10-11H,4-7,9H2,1-3H3,(H,21,22,26). The van der Waals surface area contributed by atoms with Crippen LogP contribution in [0.2, 0.25) is 0 Å². The summed E-state index contributed by atoms with van der Waals surface area (Å²) in [5.74, 6) is 0.694. The van der Waals surface area contributed by atoms with Crippen LogP contribution in [-0.2, 0) is 19.4 Å². The third-order valence-electron chi connectivity index (χ3n) is 5.09. The van der Waals surface area contributed by atoms with E-state index in [0.717, 1.165) is 49.4 Å². The first kappa shape index (κ1) is 16.7. The van der Waals surface area contributed by atoms with Crippen LogP contribution < -0.4 is 5.56 Å². The predicted molar refractivity (Wildman–Crippen MR) is 97.0 cm³/mol. The Balaban J connectivity index is 1.55. The molecule has 0 spiro atoms. The molecule has 26 heavy (non-hydrogen) atoms. The van der Waals surface area contributed by atoms with Gasteiger partial charge in [0.05, 0.1) is 5.69 Å². The molecule has 0 aliphatic carbocycles. The van der Waals surface area contributed by atoms with Crippen LogP contribution in [0.3, 0.4) is 0 Å². The van der Waals surface area contributed by atoms with Gasteiger partial charge in [0.2, 0.25) is 0 Å². The van der Waals surface area contributed by atoms with Crippen LogP contribution in [0.5, 0.6) is 0 Å². The minimum absolute atomic E-state index is 0.0140. The van der Waals surface area contributed by atoms with Gasteiger partial charge >= 0.3 is 0 Å². The first-order chi connectivity index (χ1) is 12.5. The summed E-state index contributed by atoms with van der Waals surface area (Å²) < 4.78 is 4.00. The molecule has 0 bridgehead atoms. The Morgan fingerprint density at radius 2 is 1.85 bits per heavy atom. The zero-order chi connectivity index (χ0) is 18.3. The van der Waals surface area contributed by atoms with Crippen LogP contribution in [0, 0.1) is 20.8 Å². The number of fused-ring (bicyclic) bond motifs is 1. The summed E-state index contributed by atoms with van der Waals surface area (Å²) in [5, 5.41) is 7.80. The number of aromatic nitrogens is 6. The van der Waals surface area contributed by atoms with Crippen molar-refractivity contribution in [3.8, 4) is 0 Å². The van der Waals surface area contributed by atoms with Crippen molar-refractivity contribution in [2.24, 2.45) is 0 Å². The fraction of sp³-hybridized carbons (Fsp3) is 0.444. The zero-order valence-electron chi connectivity index (χ0n) is 15.4. The average molecular weight is 353 g/mol. The van der Waals surface area contributed by atoms with Gasteiger partial charge < -0.3 is 4.98 Å². The molecule has 1 aliphatic heterocycles. The van der Waals surface area contributed by atoms with Gasteiger partial charge in [-0.05, 0) is 38.8 Å². The van der Waals surface area contributed by atoms with Gasteiger partial charge in [-0.25, -0.2) is 9.66 Å². The van der Waals surface area contributed by atoms with E-state index >= 15 is 0 Å².